The number of para-hydroxylation sites is 1. The zero-order valence-corrected chi connectivity index (χ0v) is 12.9. The summed E-state index contributed by atoms with van der Waals surface area (Å²) >= 11 is 0. The Morgan fingerprint density at radius 1 is 1.13 bits per heavy atom. The van der Waals surface area contributed by atoms with Crippen molar-refractivity contribution in [2.75, 3.05) is 31.4 Å². The Hall–Kier alpha value is -3.20. The van der Waals surface area contributed by atoms with Gasteiger partial charge in [-0.1, -0.05) is 12.1 Å². The molecule has 6 nitrogen and oxygen atoms in total. The van der Waals surface area contributed by atoms with E-state index < -0.39 is 0 Å². The number of nitrogens with zero attached hydrogens (tertiary/aromatic N) is 1. The molecule has 6 heteroatoms. The number of ether oxygens (including phenoxy) is 2. The van der Waals surface area contributed by atoms with Crippen LogP contribution in [0, 0.1) is 11.3 Å². The summed E-state index contributed by atoms with van der Waals surface area (Å²) in [6.07, 6.45) is 0. The number of anilines is 2. The van der Waals surface area contributed by atoms with Gasteiger partial charge in [0.05, 0.1) is 37.7 Å². The smallest absolute Gasteiger partial charge is 0.243 e. The van der Waals surface area contributed by atoms with Crippen LogP contribution in [0.3, 0.4) is 0 Å². The summed E-state index contributed by atoms with van der Waals surface area (Å²) in [4.78, 5) is 12.1. The third-order valence-corrected chi connectivity index (χ3v) is 3.17. The van der Waals surface area contributed by atoms with Gasteiger partial charge in [0.15, 0.2) is 0 Å². The van der Waals surface area contributed by atoms with Crippen molar-refractivity contribution in [2.45, 2.75) is 0 Å². The third kappa shape index (κ3) is 4.14. The van der Waals surface area contributed by atoms with Crippen LogP contribution in [0.15, 0.2) is 42.5 Å². The Labute approximate surface area is 134 Å². The number of nitriles is 1. The van der Waals surface area contributed by atoms with E-state index in [4.69, 9.17) is 14.7 Å². The van der Waals surface area contributed by atoms with Crippen LogP contribution < -0.4 is 20.1 Å². The van der Waals surface area contributed by atoms with Crippen molar-refractivity contribution < 1.29 is 14.3 Å². The second-order valence-corrected chi connectivity index (χ2v) is 4.63. The summed E-state index contributed by atoms with van der Waals surface area (Å²) in [5.74, 6) is 0.997. The number of methoxy groups -OCH3 is 2. The highest BCUT2D eigenvalue weighted by Crippen LogP contribution is 2.28. The number of rotatable bonds is 6. The summed E-state index contributed by atoms with van der Waals surface area (Å²) in [5.41, 5.74) is 1.55. The lowest BCUT2D eigenvalue weighted by molar-refractivity contribution is -0.114. The zero-order valence-electron chi connectivity index (χ0n) is 12.9. The van der Waals surface area contributed by atoms with E-state index in [9.17, 15) is 4.79 Å². The Morgan fingerprint density at radius 2 is 1.91 bits per heavy atom. The fourth-order valence-corrected chi connectivity index (χ4v) is 2.01. The number of carbonyl (C=O) groups is 1. The van der Waals surface area contributed by atoms with Gasteiger partial charge >= 0.3 is 0 Å². The molecular weight excluding hydrogens is 294 g/mol. The van der Waals surface area contributed by atoms with Gasteiger partial charge in [0.25, 0.3) is 0 Å². The molecule has 118 valence electrons. The van der Waals surface area contributed by atoms with E-state index in [-0.39, 0.29) is 12.5 Å². The molecule has 0 atom stereocenters. The van der Waals surface area contributed by atoms with E-state index in [2.05, 4.69) is 10.6 Å². The minimum atomic E-state index is -0.266. The van der Waals surface area contributed by atoms with Gasteiger partial charge in [-0.3, -0.25) is 4.79 Å². The Bertz CT molecular complexity index is 738. The molecule has 0 saturated carbocycles. The lowest BCUT2D eigenvalue weighted by atomic mass is 10.2. The Balaban J connectivity index is 2.03. The standard InChI is InChI=1S/C17H17N3O3/c1-22-13-7-8-16(23-2)15(9-13)19-11-17(21)20-14-6-4-3-5-12(14)10-18/h3-9,19H,11H2,1-2H3,(H,20,21). The van der Waals surface area contributed by atoms with Crippen molar-refractivity contribution in [3.8, 4) is 17.6 Å². The number of amides is 1. The number of benzene rings is 2. The molecule has 2 N–H and O–H groups in total. The third-order valence-electron chi connectivity index (χ3n) is 3.17. The molecule has 0 aliphatic carbocycles. The van der Waals surface area contributed by atoms with E-state index in [1.807, 2.05) is 6.07 Å². The van der Waals surface area contributed by atoms with E-state index in [1.54, 1.807) is 56.7 Å². The summed E-state index contributed by atoms with van der Waals surface area (Å²) < 4.78 is 10.4. The second kappa shape index (κ2) is 7.71. The highest BCUT2D eigenvalue weighted by molar-refractivity contribution is 5.95. The minimum Gasteiger partial charge on any atom is -0.497 e. The van der Waals surface area contributed by atoms with E-state index in [1.165, 1.54) is 0 Å². The van der Waals surface area contributed by atoms with Crippen LogP contribution in [0.5, 0.6) is 11.5 Å². The van der Waals surface area contributed by atoms with E-state index in [0.29, 0.717) is 28.4 Å². The molecule has 0 saturated heterocycles. The molecular formula is C17H17N3O3. The summed E-state index contributed by atoms with van der Waals surface area (Å²) in [6.45, 7) is 0.0310. The molecule has 0 aliphatic rings. The van der Waals surface area contributed by atoms with Gasteiger partial charge in [0.2, 0.25) is 5.91 Å². The van der Waals surface area contributed by atoms with Crippen molar-refractivity contribution in [1.29, 1.82) is 5.26 Å². The van der Waals surface area contributed by atoms with Gasteiger partial charge in [-0.25, -0.2) is 0 Å². The van der Waals surface area contributed by atoms with Crippen molar-refractivity contribution in [1.82, 2.24) is 0 Å². The van der Waals surface area contributed by atoms with E-state index >= 15 is 0 Å². The number of carbonyl (C=O) groups excluding carboxylic acids is 1. The van der Waals surface area contributed by atoms with Gasteiger partial charge in [0, 0.05) is 6.07 Å². The lowest BCUT2D eigenvalue weighted by Crippen LogP contribution is -2.22. The molecule has 0 radical (unpaired) electrons. The quantitative estimate of drug-likeness (QED) is 0.857. The molecule has 0 bridgehead atoms. The average Bonchev–Trinajstić information content (AvgIpc) is 2.60. The summed E-state index contributed by atoms with van der Waals surface area (Å²) in [7, 11) is 3.12. The van der Waals surface area contributed by atoms with Gasteiger partial charge in [-0.2, -0.15) is 5.26 Å². The maximum absolute atomic E-state index is 12.1. The predicted molar refractivity (Wildman–Crippen MR) is 87.8 cm³/mol. The average molecular weight is 311 g/mol. The molecule has 0 heterocycles. The monoisotopic (exact) mass is 311 g/mol. The second-order valence-electron chi connectivity index (χ2n) is 4.63. The number of hydrogen-bond acceptors (Lipinski definition) is 5. The first kappa shape index (κ1) is 16.2. The fraction of sp³-hybridized carbons (Fsp3) is 0.176. The molecule has 2 aromatic carbocycles. The van der Waals surface area contributed by atoms with Crippen LogP contribution in [-0.2, 0) is 4.79 Å². The molecule has 0 aromatic heterocycles. The van der Waals surface area contributed by atoms with Crippen LogP contribution >= 0.6 is 0 Å². The lowest BCUT2D eigenvalue weighted by Gasteiger charge is -2.13. The van der Waals surface area contributed by atoms with E-state index in [0.717, 1.165) is 0 Å². The molecule has 23 heavy (non-hydrogen) atoms. The summed E-state index contributed by atoms with van der Waals surface area (Å²) in [6, 6.07) is 14.1. The molecule has 0 spiro atoms. The van der Waals surface area contributed by atoms with Gasteiger partial charge in [0.1, 0.15) is 17.6 Å². The first-order chi connectivity index (χ1) is 11.2. The zero-order chi connectivity index (χ0) is 16.7. The Morgan fingerprint density at radius 3 is 2.61 bits per heavy atom. The SMILES string of the molecule is COc1ccc(OC)c(NCC(=O)Nc2ccccc2C#N)c1. The van der Waals surface area contributed by atoms with Crippen LogP contribution in [0.2, 0.25) is 0 Å². The highest BCUT2D eigenvalue weighted by Gasteiger charge is 2.09. The first-order valence-electron chi connectivity index (χ1n) is 6.92. The fourth-order valence-electron chi connectivity index (χ4n) is 2.01. The topological polar surface area (TPSA) is 83.4 Å². The molecule has 1 amide bonds. The molecule has 0 fully saturated rings. The maximum Gasteiger partial charge on any atom is 0.243 e. The number of hydrogen-bond donors (Lipinski definition) is 2. The molecule has 2 aromatic rings. The van der Waals surface area contributed by atoms with Crippen LogP contribution in [0.25, 0.3) is 0 Å². The van der Waals surface area contributed by atoms with Crippen molar-refractivity contribution >= 4 is 17.3 Å². The minimum absolute atomic E-state index is 0.0310. The van der Waals surface area contributed by atoms with Gasteiger partial charge in [-0.05, 0) is 24.3 Å². The van der Waals surface area contributed by atoms with Crippen LogP contribution in [0.4, 0.5) is 11.4 Å². The van der Waals surface area contributed by atoms with Crippen LogP contribution in [-0.4, -0.2) is 26.7 Å². The van der Waals surface area contributed by atoms with Crippen molar-refractivity contribution in [3.05, 3.63) is 48.0 Å². The van der Waals surface area contributed by atoms with Crippen molar-refractivity contribution in [3.63, 3.8) is 0 Å². The van der Waals surface area contributed by atoms with Crippen molar-refractivity contribution in [2.24, 2.45) is 0 Å². The predicted octanol–water partition coefficient (Wildman–Crippen LogP) is 2.63. The molecule has 0 aliphatic heterocycles. The molecule has 0 unspecified atom stereocenters. The highest BCUT2D eigenvalue weighted by atomic mass is 16.5. The first-order valence-corrected chi connectivity index (χ1v) is 6.92. The van der Waals surface area contributed by atoms with Crippen LogP contribution in [0.1, 0.15) is 5.56 Å². The van der Waals surface area contributed by atoms with Gasteiger partial charge < -0.3 is 20.1 Å². The van der Waals surface area contributed by atoms with Gasteiger partial charge in [-0.15, -0.1) is 0 Å². The Kier molecular flexibility index (Phi) is 5.42. The number of nitrogens with one attached hydrogen (secondary N) is 2. The maximum atomic E-state index is 12.1. The molecule has 2 rings (SSSR count). The normalized spacial score (nSPS) is 9.61. The summed E-state index contributed by atoms with van der Waals surface area (Å²) in [5, 5.41) is 14.7. The largest absolute Gasteiger partial charge is 0.497 e.